The smallest absolute Gasteiger partial charge is 0.233 e. The molecule has 1 amide bonds. The van der Waals surface area contributed by atoms with Gasteiger partial charge in [0.25, 0.3) is 0 Å². The second kappa shape index (κ2) is 7.97. The summed E-state index contributed by atoms with van der Waals surface area (Å²) in [6.07, 6.45) is 3.08. The molecule has 1 heterocycles. The minimum atomic E-state index is -0.496. The van der Waals surface area contributed by atoms with Crippen LogP contribution in [0.15, 0.2) is 42.5 Å². The summed E-state index contributed by atoms with van der Waals surface area (Å²) in [6, 6.07) is 13.2. The molecule has 2 aliphatic rings. The Hall–Kier alpha value is -2.31. The van der Waals surface area contributed by atoms with E-state index in [1.807, 2.05) is 41.3 Å². The third kappa shape index (κ3) is 3.31. The molecule has 1 atom stereocenters. The summed E-state index contributed by atoms with van der Waals surface area (Å²) >= 11 is 0. The van der Waals surface area contributed by atoms with Gasteiger partial charge in [0.2, 0.25) is 5.91 Å². The normalized spacial score (nSPS) is 20.6. The highest BCUT2D eigenvalue weighted by Crippen LogP contribution is 2.46. The molecule has 5 nitrogen and oxygen atoms in total. The van der Waals surface area contributed by atoms with Crippen molar-refractivity contribution in [1.29, 1.82) is 0 Å². The van der Waals surface area contributed by atoms with Gasteiger partial charge in [-0.3, -0.25) is 9.59 Å². The number of anilines is 1. The van der Waals surface area contributed by atoms with Crippen LogP contribution in [-0.2, 0) is 17.6 Å². The lowest BCUT2D eigenvalue weighted by Gasteiger charge is -2.33. The fourth-order valence-electron chi connectivity index (χ4n) is 4.43. The van der Waals surface area contributed by atoms with Gasteiger partial charge in [-0.15, -0.1) is 0 Å². The number of para-hydroxylation sites is 2. The zero-order chi connectivity index (χ0) is 19.0. The maximum Gasteiger partial charge on any atom is 0.233 e. The topological polar surface area (TPSA) is 66.8 Å². The molecule has 0 unspecified atom stereocenters. The van der Waals surface area contributed by atoms with Crippen molar-refractivity contribution in [1.82, 2.24) is 0 Å². The summed E-state index contributed by atoms with van der Waals surface area (Å²) < 4.78 is 5.44. The molecular formula is C22H25NO4S. The van der Waals surface area contributed by atoms with Gasteiger partial charge >= 0.3 is 0 Å². The number of nitrogens with zero attached hydrogens (tertiary/aromatic N) is 1. The zero-order valence-electron chi connectivity index (χ0n) is 15.9. The Bertz CT molecular complexity index is 913. The molecule has 28 heavy (non-hydrogen) atoms. The summed E-state index contributed by atoms with van der Waals surface area (Å²) in [5.41, 5.74) is 3.15. The van der Waals surface area contributed by atoms with E-state index in [9.17, 15) is 9.59 Å². The van der Waals surface area contributed by atoms with Crippen LogP contribution in [0.1, 0.15) is 34.3 Å². The highest BCUT2D eigenvalue weighted by atomic mass is 32.1. The predicted molar refractivity (Wildman–Crippen MR) is 113 cm³/mol. The molecule has 0 aromatic heterocycles. The first kappa shape index (κ1) is 20.4. The van der Waals surface area contributed by atoms with E-state index in [0.717, 1.165) is 30.5 Å². The van der Waals surface area contributed by atoms with Crippen LogP contribution in [0, 0.1) is 5.41 Å². The Morgan fingerprint density at radius 2 is 1.96 bits per heavy atom. The average Bonchev–Trinajstić information content (AvgIpc) is 3.02. The average molecular weight is 400 g/mol. The minimum Gasteiger partial charge on any atom is -0.495 e. The molecule has 1 fully saturated rings. The van der Waals surface area contributed by atoms with Crippen LogP contribution in [0.5, 0.6) is 5.75 Å². The third-order valence-corrected chi connectivity index (χ3v) is 5.96. The Balaban J connectivity index is 0.00000225. The van der Waals surface area contributed by atoms with Crippen LogP contribution in [0.25, 0.3) is 0 Å². The summed E-state index contributed by atoms with van der Waals surface area (Å²) in [5.74, 6) is 0.553. The SMILES string of the molecule is COc1ccccc1N1CC[C@@]2(CCc3ccc(C(=O)CO)cc3C2)C1=O.S. The third-order valence-electron chi connectivity index (χ3n) is 5.96. The monoisotopic (exact) mass is 399 g/mol. The molecule has 1 aliphatic carbocycles. The van der Waals surface area contributed by atoms with Crippen molar-refractivity contribution in [2.24, 2.45) is 5.41 Å². The van der Waals surface area contributed by atoms with Crippen LogP contribution in [-0.4, -0.2) is 37.1 Å². The van der Waals surface area contributed by atoms with Gasteiger partial charge in [0.1, 0.15) is 12.4 Å². The van der Waals surface area contributed by atoms with Gasteiger partial charge in [-0.1, -0.05) is 24.3 Å². The number of carbonyl (C=O) groups is 2. The second-order valence-corrected chi connectivity index (χ2v) is 7.40. The maximum absolute atomic E-state index is 13.4. The van der Waals surface area contributed by atoms with E-state index in [4.69, 9.17) is 9.84 Å². The number of aliphatic hydroxyl groups excluding tert-OH is 1. The molecule has 0 saturated carbocycles. The number of hydrogen-bond acceptors (Lipinski definition) is 4. The summed E-state index contributed by atoms with van der Waals surface area (Å²) in [5, 5.41) is 9.13. The van der Waals surface area contributed by atoms with Crippen LogP contribution in [0.4, 0.5) is 5.69 Å². The van der Waals surface area contributed by atoms with Crippen molar-refractivity contribution in [2.45, 2.75) is 25.7 Å². The van der Waals surface area contributed by atoms with Gasteiger partial charge in [0.15, 0.2) is 5.78 Å². The molecule has 2 aromatic rings. The Morgan fingerprint density at radius 3 is 2.71 bits per heavy atom. The zero-order valence-corrected chi connectivity index (χ0v) is 16.9. The number of ether oxygens (including phenoxy) is 1. The van der Waals surface area contributed by atoms with Gasteiger partial charge in [-0.2, -0.15) is 13.5 Å². The fraction of sp³-hybridized carbons (Fsp3) is 0.364. The molecule has 1 saturated heterocycles. The number of fused-ring (bicyclic) bond motifs is 1. The lowest BCUT2D eigenvalue weighted by atomic mass is 9.70. The van der Waals surface area contributed by atoms with Crippen LogP contribution < -0.4 is 9.64 Å². The lowest BCUT2D eigenvalue weighted by molar-refractivity contribution is -0.126. The van der Waals surface area contributed by atoms with E-state index in [-0.39, 0.29) is 25.2 Å². The first-order valence-corrected chi connectivity index (χ1v) is 9.29. The molecule has 2 aromatic carbocycles. The standard InChI is InChI=1S/C22H23NO4.H2S/c1-27-20-5-3-2-4-18(20)23-11-10-22(21(23)26)9-8-15-6-7-16(19(25)14-24)12-17(15)13-22;/h2-7,12,24H,8-11,13-14H2,1H3;1H2/t22-;/m1./s1. The van der Waals surface area contributed by atoms with Crippen molar-refractivity contribution in [3.63, 3.8) is 0 Å². The van der Waals surface area contributed by atoms with Crippen molar-refractivity contribution in [2.75, 3.05) is 25.2 Å². The fourth-order valence-corrected chi connectivity index (χ4v) is 4.43. The molecule has 0 bridgehead atoms. The predicted octanol–water partition coefficient (Wildman–Crippen LogP) is 2.90. The number of hydrogen-bond donors (Lipinski definition) is 1. The molecular weight excluding hydrogens is 374 g/mol. The summed E-state index contributed by atoms with van der Waals surface area (Å²) in [4.78, 5) is 27.1. The van der Waals surface area contributed by atoms with E-state index >= 15 is 0 Å². The maximum atomic E-state index is 13.4. The minimum absolute atomic E-state index is 0. The Morgan fingerprint density at radius 1 is 1.18 bits per heavy atom. The molecule has 1 N–H and O–H groups in total. The van der Waals surface area contributed by atoms with E-state index in [1.54, 1.807) is 13.2 Å². The van der Waals surface area contributed by atoms with Gasteiger partial charge in [-0.05, 0) is 55.0 Å². The van der Waals surface area contributed by atoms with E-state index < -0.39 is 12.0 Å². The number of ketones is 1. The molecule has 0 radical (unpaired) electrons. The largest absolute Gasteiger partial charge is 0.495 e. The number of aryl methyl sites for hydroxylation is 1. The van der Waals surface area contributed by atoms with E-state index in [0.29, 0.717) is 24.3 Å². The number of carbonyl (C=O) groups excluding carboxylic acids is 2. The number of Topliss-reactive ketones (excluding diaryl/α,β-unsaturated/α-hetero) is 1. The van der Waals surface area contributed by atoms with Crippen molar-refractivity contribution in [3.8, 4) is 5.75 Å². The number of aliphatic hydroxyl groups is 1. The van der Waals surface area contributed by atoms with Gasteiger partial charge in [0.05, 0.1) is 18.2 Å². The van der Waals surface area contributed by atoms with Crippen LogP contribution in [0.2, 0.25) is 0 Å². The van der Waals surface area contributed by atoms with E-state index in [1.165, 1.54) is 5.56 Å². The first-order chi connectivity index (χ1) is 13.1. The van der Waals surface area contributed by atoms with Crippen molar-refractivity contribution < 1.29 is 19.4 Å². The van der Waals surface area contributed by atoms with Crippen molar-refractivity contribution >= 4 is 30.9 Å². The molecule has 6 heteroatoms. The number of benzene rings is 2. The highest BCUT2D eigenvalue weighted by molar-refractivity contribution is 7.59. The van der Waals surface area contributed by atoms with Crippen molar-refractivity contribution in [3.05, 3.63) is 59.2 Å². The molecule has 1 spiro atoms. The second-order valence-electron chi connectivity index (χ2n) is 7.40. The van der Waals surface area contributed by atoms with E-state index in [2.05, 4.69) is 0 Å². The Kier molecular flexibility index (Phi) is 5.82. The number of rotatable bonds is 4. The Labute approximate surface area is 171 Å². The van der Waals surface area contributed by atoms with Gasteiger partial charge < -0.3 is 14.7 Å². The highest BCUT2D eigenvalue weighted by Gasteiger charge is 2.49. The summed E-state index contributed by atoms with van der Waals surface area (Å²) in [6.45, 7) is 0.175. The molecule has 1 aliphatic heterocycles. The molecule has 4 rings (SSSR count). The van der Waals surface area contributed by atoms with Crippen LogP contribution >= 0.6 is 13.5 Å². The number of methoxy groups -OCH3 is 1. The molecule has 148 valence electrons. The lowest BCUT2D eigenvalue weighted by Crippen LogP contribution is -2.39. The first-order valence-electron chi connectivity index (χ1n) is 9.29. The van der Waals surface area contributed by atoms with Gasteiger partial charge in [-0.25, -0.2) is 0 Å². The number of amides is 1. The summed E-state index contributed by atoms with van der Waals surface area (Å²) in [7, 11) is 1.62. The van der Waals surface area contributed by atoms with Gasteiger partial charge in [0, 0.05) is 12.1 Å². The quantitative estimate of drug-likeness (QED) is 0.803. The van der Waals surface area contributed by atoms with Crippen LogP contribution in [0.3, 0.4) is 0 Å².